The highest BCUT2D eigenvalue weighted by Gasteiger charge is 1.99. The Balaban J connectivity index is 2.02. The van der Waals surface area contributed by atoms with Gasteiger partial charge in [0, 0.05) is 5.38 Å². The molecule has 0 unspecified atom stereocenters. The summed E-state index contributed by atoms with van der Waals surface area (Å²) in [5, 5.41) is 9.11. The second-order valence-corrected chi connectivity index (χ2v) is 4.44. The van der Waals surface area contributed by atoms with Crippen LogP contribution in [-0.4, -0.2) is 14.6 Å². The summed E-state index contributed by atoms with van der Waals surface area (Å²) >= 11 is 4.72. The van der Waals surface area contributed by atoms with Gasteiger partial charge in [0.25, 0.3) is 0 Å². The number of halogens is 1. The average Bonchev–Trinajstić information content (AvgIpc) is 2.73. The lowest BCUT2D eigenvalue weighted by Crippen LogP contribution is -2.00. The van der Waals surface area contributed by atoms with Crippen LogP contribution in [0.4, 0.5) is 5.69 Å². The van der Waals surface area contributed by atoms with E-state index in [0.29, 0.717) is 6.54 Å². The van der Waals surface area contributed by atoms with Crippen molar-refractivity contribution in [3.8, 4) is 0 Å². The zero-order chi connectivity index (χ0) is 10.7. The van der Waals surface area contributed by atoms with E-state index in [1.54, 1.807) is 6.20 Å². The molecule has 6 heteroatoms. The Labute approximate surface area is 100 Å². The number of anilines is 1. The van der Waals surface area contributed by atoms with E-state index in [0.717, 1.165) is 21.5 Å². The van der Waals surface area contributed by atoms with Crippen molar-refractivity contribution >= 4 is 33.1 Å². The third-order valence-electron chi connectivity index (χ3n) is 1.89. The molecule has 0 saturated carbocycles. The minimum atomic E-state index is 0.680. The highest BCUT2D eigenvalue weighted by molar-refractivity contribution is 9.10. The smallest absolute Gasteiger partial charge is 0.109 e. The third kappa shape index (κ3) is 2.73. The minimum Gasteiger partial charge on any atom is -0.378 e. The lowest BCUT2D eigenvalue weighted by atomic mass is 10.3. The lowest BCUT2D eigenvalue weighted by molar-refractivity contribution is 0.995. The molecule has 0 aliphatic rings. The van der Waals surface area contributed by atoms with Crippen LogP contribution in [0.15, 0.2) is 22.2 Å². The first kappa shape index (κ1) is 10.5. The molecule has 0 aliphatic heterocycles. The molecule has 2 heterocycles. The summed E-state index contributed by atoms with van der Waals surface area (Å²) < 4.78 is 4.67. The van der Waals surface area contributed by atoms with E-state index >= 15 is 0 Å². The van der Waals surface area contributed by atoms with Crippen molar-refractivity contribution in [2.45, 2.75) is 13.5 Å². The first-order valence-corrected chi connectivity index (χ1v) is 6.00. The van der Waals surface area contributed by atoms with Crippen molar-refractivity contribution < 1.29 is 0 Å². The summed E-state index contributed by atoms with van der Waals surface area (Å²) in [6, 6.07) is 2.04. The van der Waals surface area contributed by atoms with Crippen molar-refractivity contribution in [3.63, 3.8) is 0 Å². The second-order valence-electron chi connectivity index (χ2n) is 3.08. The van der Waals surface area contributed by atoms with Gasteiger partial charge in [0.2, 0.25) is 0 Å². The quantitative estimate of drug-likeness (QED) is 0.881. The summed E-state index contributed by atoms with van der Waals surface area (Å²) in [5.74, 6) is 0. The van der Waals surface area contributed by atoms with Crippen molar-refractivity contribution in [1.82, 2.24) is 14.6 Å². The van der Waals surface area contributed by atoms with E-state index in [-0.39, 0.29) is 0 Å². The Hall–Kier alpha value is -1.01. The number of aryl methyl sites for hydroxylation is 1. The zero-order valence-corrected chi connectivity index (χ0v) is 10.5. The fourth-order valence-corrected chi connectivity index (χ4v) is 1.78. The topological polar surface area (TPSA) is 50.7 Å². The molecule has 2 rings (SSSR count). The number of hydrogen-bond acceptors (Lipinski definition) is 5. The summed E-state index contributed by atoms with van der Waals surface area (Å²) in [4.78, 5) is 4.20. The molecule has 0 atom stereocenters. The van der Waals surface area contributed by atoms with Crippen LogP contribution in [0.3, 0.4) is 0 Å². The highest BCUT2D eigenvalue weighted by Crippen LogP contribution is 2.17. The molecule has 0 spiro atoms. The Morgan fingerprint density at radius 2 is 2.40 bits per heavy atom. The van der Waals surface area contributed by atoms with Gasteiger partial charge in [0.1, 0.15) is 4.60 Å². The molecule has 0 bridgehead atoms. The van der Waals surface area contributed by atoms with Crippen LogP contribution in [0.25, 0.3) is 0 Å². The van der Waals surface area contributed by atoms with Gasteiger partial charge < -0.3 is 5.32 Å². The number of nitrogens with zero attached hydrogens (tertiary/aromatic N) is 3. The van der Waals surface area contributed by atoms with Gasteiger partial charge in [-0.15, -0.1) is 5.10 Å². The monoisotopic (exact) mass is 284 g/mol. The molecule has 78 valence electrons. The van der Waals surface area contributed by atoms with Gasteiger partial charge in [-0.05, 0) is 46.0 Å². The van der Waals surface area contributed by atoms with Crippen LogP contribution in [0, 0.1) is 6.92 Å². The fourth-order valence-electron chi connectivity index (χ4n) is 1.11. The maximum Gasteiger partial charge on any atom is 0.109 e. The van der Waals surface area contributed by atoms with E-state index in [9.17, 15) is 0 Å². The molecule has 1 N–H and O–H groups in total. The first-order chi connectivity index (χ1) is 7.25. The molecule has 0 amide bonds. The van der Waals surface area contributed by atoms with E-state index < -0.39 is 0 Å². The molecule has 0 aliphatic carbocycles. The maximum atomic E-state index is 4.20. The van der Waals surface area contributed by atoms with E-state index in [2.05, 4.69) is 35.8 Å². The summed E-state index contributed by atoms with van der Waals surface area (Å²) in [7, 11) is 0. The number of aromatic nitrogens is 3. The van der Waals surface area contributed by atoms with Crippen LogP contribution < -0.4 is 5.32 Å². The third-order valence-corrected chi connectivity index (χ3v) is 3.28. The van der Waals surface area contributed by atoms with Crippen LogP contribution >= 0.6 is 27.5 Å². The van der Waals surface area contributed by atoms with E-state index in [1.165, 1.54) is 11.5 Å². The van der Waals surface area contributed by atoms with Crippen LogP contribution in [0.1, 0.15) is 11.3 Å². The Morgan fingerprint density at radius 1 is 1.53 bits per heavy atom. The standard InChI is InChI=1S/C9H9BrN4S/c1-6-2-7(3-12-9(6)10)11-4-8-5-15-14-13-8/h2-3,5,11H,4H2,1H3. The molecule has 2 aromatic heterocycles. The van der Waals surface area contributed by atoms with Crippen molar-refractivity contribution in [2.75, 3.05) is 5.32 Å². The van der Waals surface area contributed by atoms with Gasteiger partial charge in [0.05, 0.1) is 24.1 Å². The molecule has 0 fully saturated rings. The van der Waals surface area contributed by atoms with Crippen molar-refractivity contribution in [2.24, 2.45) is 0 Å². The van der Waals surface area contributed by atoms with Crippen LogP contribution in [0.2, 0.25) is 0 Å². The lowest BCUT2D eigenvalue weighted by Gasteiger charge is -2.05. The zero-order valence-electron chi connectivity index (χ0n) is 8.07. The summed E-state index contributed by atoms with van der Waals surface area (Å²) in [5.41, 5.74) is 3.04. The average molecular weight is 285 g/mol. The molecule has 0 saturated heterocycles. The van der Waals surface area contributed by atoms with Crippen LogP contribution in [-0.2, 0) is 6.54 Å². The number of rotatable bonds is 3. The van der Waals surface area contributed by atoms with Gasteiger partial charge >= 0.3 is 0 Å². The highest BCUT2D eigenvalue weighted by atomic mass is 79.9. The van der Waals surface area contributed by atoms with Gasteiger partial charge in [-0.25, -0.2) is 4.98 Å². The van der Waals surface area contributed by atoms with Gasteiger partial charge in [-0.1, -0.05) is 4.49 Å². The first-order valence-electron chi connectivity index (χ1n) is 4.37. The molecule has 2 aromatic rings. The van der Waals surface area contributed by atoms with Gasteiger partial charge in [-0.2, -0.15) is 0 Å². The summed E-state index contributed by atoms with van der Waals surface area (Å²) in [6.45, 7) is 2.69. The largest absolute Gasteiger partial charge is 0.378 e. The van der Waals surface area contributed by atoms with E-state index in [1.807, 2.05) is 18.4 Å². The minimum absolute atomic E-state index is 0.680. The molecular formula is C9H9BrN4S. The fraction of sp³-hybridized carbons (Fsp3) is 0.222. The maximum absolute atomic E-state index is 4.20. The molecule has 15 heavy (non-hydrogen) atoms. The molecule has 0 radical (unpaired) electrons. The van der Waals surface area contributed by atoms with Crippen molar-refractivity contribution in [1.29, 1.82) is 0 Å². The predicted octanol–water partition coefficient (Wildman–Crippen LogP) is 2.62. The summed E-state index contributed by atoms with van der Waals surface area (Å²) in [6.07, 6.45) is 1.79. The van der Waals surface area contributed by atoms with Crippen LogP contribution in [0.5, 0.6) is 0 Å². The number of nitrogens with one attached hydrogen (secondary N) is 1. The van der Waals surface area contributed by atoms with Gasteiger partial charge in [0.15, 0.2) is 0 Å². The number of hydrogen-bond donors (Lipinski definition) is 1. The normalized spacial score (nSPS) is 10.3. The number of pyridine rings is 1. The predicted molar refractivity (Wildman–Crippen MR) is 63.9 cm³/mol. The van der Waals surface area contributed by atoms with E-state index in [4.69, 9.17) is 0 Å². The van der Waals surface area contributed by atoms with Crippen molar-refractivity contribution in [3.05, 3.63) is 33.5 Å². The Morgan fingerprint density at radius 3 is 3.07 bits per heavy atom. The Bertz CT molecular complexity index is 443. The molecule has 0 aromatic carbocycles. The second kappa shape index (κ2) is 4.67. The molecular weight excluding hydrogens is 276 g/mol. The molecule has 4 nitrogen and oxygen atoms in total. The van der Waals surface area contributed by atoms with Gasteiger partial charge in [-0.3, -0.25) is 0 Å². The SMILES string of the molecule is Cc1cc(NCc2csnn2)cnc1Br. The Kier molecular flexibility index (Phi) is 3.27.